The maximum atomic E-state index is 5.08. The van der Waals surface area contributed by atoms with Gasteiger partial charge < -0.3 is 16.2 Å². The molecule has 1 heterocycles. The molecule has 1 saturated heterocycles. The number of hydrogen-bond donors (Lipinski definition) is 0. The molecule has 0 amide bonds. The van der Waals surface area contributed by atoms with E-state index in [0.29, 0.717) is 23.7 Å². The van der Waals surface area contributed by atoms with E-state index < -0.39 is 0 Å². The Balaban J connectivity index is 0.00000175. The van der Waals surface area contributed by atoms with Crippen LogP contribution in [-0.2, 0) is 21.8 Å². The first-order valence-corrected chi connectivity index (χ1v) is 13.8. The number of hydrogen-bond acceptors (Lipinski definition) is 2. The largest absolute Gasteiger partial charge is 2.00 e. The van der Waals surface area contributed by atoms with Gasteiger partial charge in [-0.25, -0.2) is 0 Å². The topological polar surface area (TPSA) is 69.2 Å². The molecule has 1 fully saturated rings. The van der Waals surface area contributed by atoms with Crippen molar-refractivity contribution in [3.8, 4) is 0 Å². The van der Waals surface area contributed by atoms with E-state index in [0.717, 1.165) is 36.0 Å². The molecule has 0 bridgehead atoms. The average Bonchev–Trinajstić information content (AvgIpc) is 3.38. The van der Waals surface area contributed by atoms with Gasteiger partial charge in [0.1, 0.15) is 0 Å². The monoisotopic (exact) mass is 560 g/mol. The van der Waals surface area contributed by atoms with Crippen LogP contribution in [0.5, 0.6) is 0 Å². The summed E-state index contributed by atoms with van der Waals surface area (Å²) in [6, 6.07) is 13.1. The van der Waals surface area contributed by atoms with E-state index in [2.05, 4.69) is 112 Å². The van der Waals surface area contributed by atoms with Gasteiger partial charge in [0.15, 0.2) is 0 Å². The molecule has 2 aromatic rings. The maximum absolute atomic E-state index is 5.08. The van der Waals surface area contributed by atoms with E-state index in [4.69, 9.17) is 15.0 Å². The van der Waals surface area contributed by atoms with Gasteiger partial charge in [-0.15, -0.1) is 5.69 Å². The number of aliphatic imine (C=N–C) groups is 1. The van der Waals surface area contributed by atoms with Crippen LogP contribution < -0.4 is 0 Å². The number of rotatable bonds is 8. The Labute approximate surface area is 244 Å². The third-order valence-corrected chi connectivity index (χ3v) is 6.51. The molecule has 1 radical (unpaired) electrons. The number of para-hydroxylation sites is 2. The third kappa shape index (κ3) is 10.7. The molecule has 2 N–H and O–H groups in total. The van der Waals surface area contributed by atoms with Crippen LogP contribution in [0.3, 0.4) is 0 Å². The average molecular weight is 561 g/mol. The SMILES string of the molecule is C1CCOC1.CC(/C=C(/C)[N-]c1c(C(C)C)cccc1C(C)C)=Nc1c(C(C)C)cccc1C(C)C.[Mn+2].[NH2-]. The van der Waals surface area contributed by atoms with E-state index in [1.165, 1.54) is 35.1 Å². The molecule has 3 rings (SSSR count). The zero-order valence-electron chi connectivity index (χ0n) is 25.4. The van der Waals surface area contributed by atoms with Crippen LogP contribution in [0.4, 0.5) is 11.4 Å². The summed E-state index contributed by atoms with van der Waals surface area (Å²) in [7, 11) is 0. The van der Waals surface area contributed by atoms with Gasteiger partial charge >= 0.3 is 17.1 Å². The Morgan fingerprint density at radius 1 is 0.737 bits per heavy atom. The Hall–Kier alpha value is -1.91. The second kappa shape index (κ2) is 17.6. The van der Waals surface area contributed by atoms with Gasteiger partial charge in [0, 0.05) is 18.9 Å². The summed E-state index contributed by atoms with van der Waals surface area (Å²) in [6.45, 7) is 24.1. The van der Waals surface area contributed by atoms with Crippen LogP contribution in [0, 0.1) is 0 Å². The van der Waals surface area contributed by atoms with Crippen molar-refractivity contribution in [2.75, 3.05) is 13.2 Å². The fourth-order valence-electron chi connectivity index (χ4n) is 4.51. The number of nitrogens with two attached hydrogens (primary N) is 1. The molecule has 0 saturated carbocycles. The van der Waals surface area contributed by atoms with Crippen molar-refractivity contribution >= 4 is 17.1 Å². The first-order chi connectivity index (χ1) is 17.0. The van der Waals surface area contributed by atoms with Crippen molar-refractivity contribution in [2.24, 2.45) is 4.99 Å². The molecule has 0 spiro atoms. The van der Waals surface area contributed by atoms with Crippen LogP contribution in [-0.4, -0.2) is 18.9 Å². The van der Waals surface area contributed by atoms with E-state index in [1.807, 2.05) is 0 Å². The predicted molar refractivity (Wildman–Crippen MR) is 164 cm³/mol. The van der Waals surface area contributed by atoms with Gasteiger partial charge in [-0.1, -0.05) is 116 Å². The molecular formula is C33H51MnN3O. The molecule has 4 nitrogen and oxygen atoms in total. The number of allylic oxidation sites excluding steroid dienone is 2. The van der Waals surface area contributed by atoms with Crippen molar-refractivity contribution in [3.05, 3.63) is 81.9 Å². The molecule has 0 atom stereocenters. The number of nitrogens with zero attached hydrogens (tertiary/aromatic N) is 2. The van der Waals surface area contributed by atoms with Crippen molar-refractivity contribution in [1.29, 1.82) is 0 Å². The van der Waals surface area contributed by atoms with Crippen molar-refractivity contribution in [1.82, 2.24) is 0 Å². The molecular weight excluding hydrogens is 509 g/mol. The minimum absolute atomic E-state index is 0. The Bertz CT molecular complexity index is 974. The Kier molecular flexibility index (Phi) is 16.7. The predicted octanol–water partition coefficient (Wildman–Crippen LogP) is 11.4. The van der Waals surface area contributed by atoms with Gasteiger partial charge in [-0.3, -0.25) is 4.99 Å². The molecule has 211 valence electrons. The van der Waals surface area contributed by atoms with Crippen molar-refractivity contribution in [3.63, 3.8) is 0 Å². The first kappa shape index (κ1) is 36.1. The zero-order valence-corrected chi connectivity index (χ0v) is 26.6. The molecule has 38 heavy (non-hydrogen) atoms. The van der Waals surface area contributed by atoms with Crippen molar-refractivity contribution < 1.29 is 21.8 Å². The van der Waals surface area contributed by atoms with Gasteiger partial charge in [-0.05, 0) is 54.6 Å². The second-order valence-corrected chi connectivity index (χ2v) is 11.2. The molecule has 5 heteroatoms. The summed E-state index contributed by atoms with van der Waals surface area (Å²) >= 11 is 0. The zero-order chi connectivity index (χ0) is 26.8. The smallest absolute Gasteiger partial charge is 0.693 e. The molecule has 2 aromatic carbocycles. The van der Waals surface area contributed by atoms with Gasteiger partial charge in [-0.2, -0.15) is 5.70 Å². The summed E-state index contributed by atoms with van der Waals surface area (Å²) in [5.41, 5.74) is 9.45. The van der Waals surface area contributed by atoms with Crippen LogP contribution in [0.25, 0.3) is 11.5 Å². The minimum Gasteiger partial charge on any atom is -0.693 e. The number of ether oxygens (including phenoxy) is 1. The second-order valence-electron chi connectivity index (χ2n) is 11.2. The summed E-state index contributed by atoms with van der Waals surface area (Å²) < 4.78 is 4.94. The van der Waals surface area contributed by atoms with Gasteiger partial charge in [0.05, 0.1) is 5.69 Å². The van der Waals surface area contributed by atoms with Gasteiger partial charge in [0.2, 0.25) is 0 Å². The van der Waals surface area contributed by atoms with E-state index >= 15 is 0 Å². The third-order valence-electron chi connectivity index (χ3n) is 6.51. The summed E-state index contributed by atoms with van der Waals surface area (Å²) in [5, 5.41) is 5.08. The normalized spacial score (nSPS) is 13.8. The standard InChI is InChI=1S/C29H41N2.C4H8O.Mn.H2N/c1-18(2)24-13-11-14-25(19(3)4)28(24)30-22(9)17-23(10)31-29-26(20(5)6)15-12-16-27(29)21(7)8;1-2-4-5-3-1;;/h11-21H,1-10H3;1-4H2;;1H2/q-1;;+2;-1/b22-17-,31-23?;;;. The first-order valence-electron chi connectivity index (χ1n) is 13.8. The van der Waals surface area contributed by atoms with Crippen LogP contribution >= 0.6 is 0 Å². The maximum Gasteiger partial charge on any atom is 2.00 e. The summed E-state index contributed by atoms with van der Waals surface area (Å²) in [6.07, 6.45) is 4.67. The Morgan fingerprint density at radius 2 is 1.13 bits per heavy atom. The van der Waals surface area contributed by atoms with E-state index in [9.17, 15) is 0 Å². The van der Waals surface area contributed by atoms with Crippen LogP contribution in [0.2, 0.25) is 0 Å². The molecule has 0 unspecified atom stereocenters. The molecule has 1 aliphatic heterocycles. The van der Waals surface area contributed by atoms with E-state index in [-0.39, 0.29) is 23.2 Å². The number of benzene rings is 2. The Morgan fingerprint density at radius 3 is 1.47 bits per heavy atom. The van der Waals surface area contributed by atoms with E-state index in [1.54, 1.807) is 0 Å². The quantitative estimate of drug-likeness (QED) is 0.234. The molecule has 0 aliphatic carbocycles. The molecule has 0 aromatic heterocycles. The minimum atomic E-state index is 0. The van der Waals surface area contributed by atoms with Gasteiger partial charge in [0.25, 0.3) is 0 Å². The van der Waals surface area contributed by atoms with Crippen LogP contribution in [0.15, 0.2) is 53.2 Å². The fraction of sp³-hybridized carbons (Fsp3) is 0.545. The summed E-state index contributed by atoms with van der Waals surface area (Å²) in [5.74, 6) is 1.75. The summed E-state index contributed by atoms with van der Waals surface area (Å²) in [4.78, 5) is 5.08. The molecule has 1 aliphatic rings. The van der Waals surface area contributed by atoms with Crippen LogP contribution in [0.1, 0.15) is 128 Å². The van der Waals surface area contributed by atoms with Crippen molar-refractivity contribution in [2.45, 2.75) is 106 Å². The fourth-order valence-corrected chi connectivity index (χ4v) is 4.51.